The van der Waals surface area contributed by atoms with Crippen LogP contribution in [0.1, 0.15) is 28.8 Å². The number of likely N-dealkylation sites (N-methyl/N-ethyl adjacent to an activating group) is 1. The summed E-state index contributed by atoms with van der Waals surface area (Å²) >= 11 is 0. The SMILES string of the molecule is CN(c1nc2cc(F)ccc2o1)C1CCc2c(CC(=O)O)c3ccc(C(F)(F)F)cn3c2C1. The Balaban J connectivity index is 1.55. The van der Waals surface area contributed by atoms with E-state index in [4.69, 9.17) is 4.42 Å². The van der Waals surface area contributed by atoms with Gasteiger partial charge in [0, 0.05) is 43.0 Å². The molecular formula is C23H19F4N3O3. The van der Waals surface area contributed by atoms with Gasteiger partial charge in [0.15, 0.2) is 5.58 Å². The lowest BCUT2D eigenvalue weighted by Crippen LogP contribution is -2.37. The summed E-state index contributed by atoms with van der Waals surface area (Å²) in [4.78, 5) is 17.6. The van der Waals surface area contributed by atoms with Crippen molar-refractivity contribution in [3.8, 4) is 0 Å². The highest BCUT2D eigenvalue weighted by Crippen LogP contribution is 2.36. The molecule has 5 rings (SSSR count). The van der Waals surface area contributed by atoms with Crippen molar-refractivity contribution in [1.29, 1.82) is 0 Å². The number of halogens is 4. The van der Waals surface area contributed by atoms with Crippen LogP contribution in [0.5, 0.6) is 0 Å². The molecule has 0 radical (unpaired) electrons. The number of aliphatic carboxylic acids is 1. The number of fused-ring (bicyclic) bond motifs is 4. The standard InChI is InChI=1S/C23H19F4N3O3/c1-29(22-28-17-8-13(24)3-7-20(17)33-22)14-4-5-15-16(10-21(31)32)18-6-2-12(23(25,26)27)11-30(18)19(15)9-14/h2-3,6-8,11,14H,4-5,9-10H2,1H3,(H,31,32). The van der Waals surface area contributed by atoms with E-state index in [0.29, 0.717) is 47.1 Å². The van der Waals surface area contributed by atoms with Gasteiger partial charge in [0.2, 0.25) is 0 Å². The molecule has 1 aliphatic carbocycles. The highest BCUT2D eigenvalue weighted by atomic mass is 19.4. The Bertz CT molecular complexity index is 1390. The Labute approximate surface area is 185 Å². The second-order valence-electron chi connectivity index (χ2n) is 8.26. The average molecular weight is 461 g/mol. The Morgan fingerprint density at radius 1 is 1.30 bits per heavy atom. The number of nitrogens with zero attached hydrogens (tertiary/aromatic N) is 3. The summed E-state index contributed by atoms with van der Waals surface area (Å²) in [7, 11) is 1.77. The molecule has 1 aromatic carbocycles. The van der Waals surface area contributed by atoms with Crippen LogP contribution in [0, 0.1) is 5.82 Å². The second kappa shape index (κ2) is 7.50. The van der Waals surface area contributed by atoms with Crippen LogP contribution >= 0.6 is 0 Å². The van der Waals surface area contributed by atoms with Gasteiger partial charge in [-0.15, -0.1) is 0 Å². The number of carboxylic acids is 1. The van der Waals surface area contributed by atoms with E-state index in [-0.39, 0.29) is 18.5 Å². The predicted molar refractivity (Wildman–Crippen MR) is 112 cm³/mol. The number of benzene rings is 1. The summed E-state index contributed by atoms with van der Waals surface area (Å²) in [6, 6.07) is 6.49. The first-order chi connectivity index (χ1) is 15.6. The van der Waals surface area contributed by atoms with Gasteiger partial charge in [-0.25, -0.2) is 4.39 Å². The monoisotopic (exact) mass is 461 g/mol. The summed E-state index contributed by atoms with van der Waals surface area (Å²) in [5, 5.41) is 9.36. The van der Waals surface area contributed by atoms with E-state index in [2.05, 4.69) is 4.98 Å². The van der Waals surface area contributed by atoms with Crippen LogP contribution in [0.25, 0.3) is 16.6 Å². The fraction of sp³-hybridized carbons (Fsp3) is 0.304. The molecule has 0 saturated heterocycles. The number of hydrogen-bond donors (Lipinski definition) is 1. The van der Waals surface area contributed by atoms with E-state index in [1.807, 2.05) is 0 Å². The molecule has 0 bridgehead atoms. The smallest absolute Gasteiger partial charge is 0.417 e. The molecule has 1 aliphatic rings. The maximum atomic E-state index is 13.5. The number of pyridine rings is 1. The van der Waals surface area contributed by atoms with E-state index >= 15 is 0 Å². The molecule has 1 atom stereocenters. The number of carbonyl (C=O) groups is 1. The van der Waals surface area contributed by atoms with Gasteiger partial charge in [-0.1, -0.05) is 0 Å². The molecule has 6 nitrogen and oxygen atoms in total. The Kier molecular flexibility index (Phi) is 4.84. The van der Waals surface area contributed by atoms with Gasteiger partial charge in [0.25, 0.3) is 6.01 Å². The van der Waals surface area contributed by atoms with Gasteiger partial charge in [-0.05, 0) is 48.2 Å². The number of hydrogen-bond acceptors (Lipinski definition) is 4. The maximum Gasteiger partial charge on any atom is 0.417 e. The molecule has 0 fully saturated rings. The Hall–Kier alpha value is -3.56. The molecular weight excluding hydrogens is 442 g/mol. The van der Waals surface area contributed by atoms with E-state index in [9.17, 15) is 27.5 Å². The molecule has 4 aromatic rings. The zero-order valence-electron chi connectivity index (χ0n) is 17.5. The van der Waals surface area contributed by atoms with Crippen molar-refractivity contribution in [3.63, 3.8) is 0 Å². The van der Waals surface area contributed by atoms with Gasteiger partial charge in [0.05, 0.1) is 12.0 Å². The van der Waals surface area contributed by atoms with Gasteiger partial charge in [-0.2, -0.15) is 18.2 Å². The van der Waals surface area contributed by atoms with Gasteiger partial charge >= 0.3 is 12.1 Å². The quantitative estimate of drug-likeness (QED) is 0.440. The van der Waals surface area contributed by atoms with Crippen molar-refractivity contribution < 1.29 is 31.9 Å². The minimum absolute atomic E-state index is 0.152. The second-order valence-corrected chi connectivity index (χ2v) is 8.26. The number of oxazole rings is 1. The van der Waals surface area contributed by atoms with Crippen molar-refractivity contribution in [2.45, 2.75) is 37.9 Å². The first-order valence-electron chi connectivity index (χ1n) is 10.3. The minimum Gasteiger partial charge on any atom is -0.481 e. The molecule has 1 unspecified atom stereocenters. The van der Waals surface area contributed by atoms with Gasteiger partial charge < -0.3 is 18.8 Å². The topological polar surface area (TPSA) is 71.0 Å². The number of carboxylic acid groups (broad SMARTS) is 1. The van der Waals surface area contributed by atoms with Crippen molar-refractivity contribution >= 4 is 28.6 Å². The lowest BCUT2D eigenvalue weighted by atomic mass is 9.89. The van der Waals surface area contributed by atoms with Crippen molar-refractivity contribution in [2.24, 2.45) is 0 Å². The average Bonchev–Trinajstić information content (AvgIpc) is 3.31. The van der Waals surface area contributed by atoms with Crippen LogP contribution in [0.15, 0.2) is 40.9 Å². The summed E-state index contributed by atoms with van der Waals surface area (Å²) in [5.74, 6) is -1.47. The predicted octanol–water partition coefficient (Wildman–Crippen LogP) is 4.86. The number of rotatable bonds is 4. The Morgan fingerprint density at radius 2 is 2.09 bits per heavy atom. The van der Waals surface area contributed by atoms with Crippen LogP contribution in [0.4, 0.5) is 23.6 Å². The molecule has 3 heterocycles. The lowest BCUT2D eigenvalue weighted by Gasteiger charge is -2.30. The third-order valence-corrected chi connectivity index (χ3v) is 6.26. The summed E-state index contributed by atoms with van der Waals surface area (Å²) in [5.41, 5.74) is 2.45. The fourth-order valence-corrected chi connectivity index (χ4v) is 4.64. The third kappa shape index (κ3) is 3.69. The van der Waals surface area contributed by atoms with Crippen LogP contribution in [-0.2, 0) is 30.2 Å². The Morgan fingerprint density at radius 3 is 2.82 bits per heavy atom. The molecule has 3 aromatic heterocycles. The normalized spacial score (nSPS) is 16.3. The van der Waals surface area contributed by atoms with E-state index in [0.717, 1.165) is 17.8 Å². The van der Waals surface area contributed by atoms with E-state index in [1.165, 1.54) is 28.7 Å². The first kappa shape index (κ1) is 21.3. The molecule has 0 aliphatic heterocycles. The van der Waals surface area contributed by atoms with Crippen LogP contribution < -0.4 is 4.90 Å². The maximum absolute atomic E-state index is 13.5. The van der Waals surface area contributed by atoms with Gasteiger partial charge in [0.1, 0.15) is 11.3 Å². The lowest BCUT2D eigenvalue weighted by molar-refractivity contribution is -0.138. The third-order valence-electron chi connectivity index (χ3n) is 6.26. The number of alkyl halides is 3. The van der Waals surface area contributed by atoms with Crippen LogP contribution in [-0.4, -0.2) is 33.6 Å². The zero-order valence-corrected chi connectivity index (χ0v) is 17.5. The molecule has 0 spiro atoms. The summed E-state index contributed by atoms with van der Waals surface area (Å²) in [6.07, 6.45) is -2.24. The van der Waals surface area contributed by atoms with Crippen LogP contribution in [0.3, 0.4) is 0 Å². The minimum atomic E-state index is -4.52. The first-order valence-corrected chi connectivity index (χ1v) is 10.3. The summed E-state index contributed by atoms with van der Waals surface area (Å²) < 4.78 is 60.8. The molecule has 10 heteroatoms. The largest absolute Gasteiger partial charge is 0.481 e. The van der Waals surface area contributed by atoms with E-state index < -0.39 is 23.5 Å². The van der Waals surface area contributed by atoms with Crippen molar-refractivity contribution in [1.82, 2.24) is 9.38 Å². The highest BCUT2D eigenvalue weighted by molar-refractivity contribution is 5.77. The van der Waals surface area contributed by atoms with Crippen molar-refractivity contribution in [3.05, 3.63) is 64.7 Å². The highest BCUT2D eigenvalue weighted by Gasteiger charge is 2.34. The molecule has 33 heavy (non-hydrogen) atoms. The summed E-state index contributed by atoms with van der Waals surface area (Å²) in [6.45, 7) is 0. The fourth-order valence-electron chi connectivity index (χ4n) is 4.64. The van der Waals surface area contributed by atoms with Crippen LogP contribution in [0.2, 0.25) is 0 Å². The number of anilines is 1. The zero-order chi connectivity index (χ0) is 23.5. The van der Waals surface area contributed by atoms with Gasteiger partial charge in [-0.3, -0.25) is 4.79 Å². The molecule has 172 valence electrons. The van der Waals surface area contributed by atoms with Crippen molar-refractivity contribution in [2.75, 3.05) is 11.9 Å². The molecule has 1 N–H and O–H groups in total. The van der Waals surface area contributed by atoms with E-state index in [1.54, 1.807) is 11.9 Å². The molecule has 0 amide bonds. The molecule has 0 saturated carbocycles. The number of aromatic nitrogens is 2.